The van der Waals surface area contributed by atoms with Gasteiger partial charge in [-0.15, -0.1) is 11.3 Å². The number of hydrogen-bond donors (Lipinski definition) is 1. The van der Waals surface area contributed by atoms with E-state index in [1.54, 1.807) is 16.2 Å². The number of nitrogens with one attached hydrogen (secondary N) is 1. The van der Waals surface area contributed by atoms with Crippen molar-refractivity contribution in [2.24, 2.45) is 0 Å². The van der Waals surface area contributed by atoms with E-state index in [1.165, 1.54) is 24.6 Å². The van der Waals surface area contributed by atoms with E-state index in [-0.39, 0.29) is 11.8 Å². The number of thiocarbonyl (C=S) groups is 1. The Hall–Kier alpha value is -1.18. The molecule has 7 heteroatoms. The Balaban J connectivity index is 1.36. The molecule has 2 aliphatic rings. The number of carbonyl (C=O) groups is 2. The zero-order valence-corrected chi connectivity index (χ0v) is 17.2. The number of carbonyl (C=O) groups excluding carboxylic acids is 2. The summed E-state index contributed by atoms with van der Waals surface area (Å²) in [5.41, 5.74) is 0. The molecule has 1 aromatic rings. The zero-order chi connectivity index (χ0) is 18.4. The summed E-state index contributed by atoms with van der Waals surface area (Å²) < 4.78 is 0.636. The lowest BCUT2D eigenvalue weighted by molar-refractivity contribution is -0.123. The number of thioether (sulfide) groups is 1. The Morgan fingerprint density at radius 3 is 2.85 bits per heavy atom. The maximum Gasteiger partial charge on any atom is 0.266 e. The fourth-order valence-corrected chi connectivity index (χ4v) is 5.33. The summed E-state index contributed by atoms with van der Waals surface area (Å²) in [7, 11) is 0. The highest BCUT2D eigenvalue weighted by Crippen LogP contribution is 2.33. The first-order chi connectivity index (χ1) is 12.6. The molecule has 1 aromatic heterocycles. The maximum absolute atomic E-state index is 12.5. The predicted octanol–water partition coefficient (Wildman–Crippen LogP) is 4.57. The monoisotopic (exact) mass is 408 g/mol. The number of thiophene rings is 1. The van der Waals surface area contributed by atoms with Crippen molar-refractivity contribution >= 4 is 57.5 Å². The van der Waals surface area contributed by atoms with Crippen LogP contribution in [0.3, 0.4) is 0 Å². The van der Waals surface area contributed by atoms with Crippen molar-refractivity contribution < 1.29 is 9.59 Å². The van der Waals surface area contributed by atoms with Gasteiger partial charge in [0.15, 0.2) is 0 Å². The molecular formula is C19H24N2O2S3. The van der Waals surface area contributed by atoms with Crippen LogP contribution in [-0.2, 0) is 9.59 Å². The summed E-state index contributed by atoms with van der Waals surface area (Å²) in [6.07, 6.45) is 9.86. The lowest BCUT2D eigenvalue weighted by Gasteiger charge is -2.14. The van der Waals surface area contributed by atoms with Crippen LogP contribution in [0, 0.1) is 0 Å². The van der Waals surface area contributed by atoms with Gasteiger partial charge in [0.25, 0.3) is 5.91 Å². The summed E-state index contributed by atoms with van der Waals surface area (Å²) in [6.45, 7) is 0.636. The average Bonchev–Trinajstić information content (AvgIpc) is 3.34. The second-order valence-corrected chi connectivity index (χ2v) is 9.36. The van der Waals surface area contributed by atoms with Crippen LogP contribution in [0.4, 0.5) is 0 Å². The molecule has 3 rings (SSSR count). The molecule has 0 bridgehead atoms. The van der Waals surface area contributed by atoms with Crippen LogP contribution in [0.25, 0.3) is 6.08 Å². The van der Waals surface area contributed by atoms with Crippen LogP contribution in [0.15, 0.2) is 22.4 Å². The van der Waals surface area contributed by atoms with Crippen molar-refractivity contribution in [1.82, 2.24) is 10.2 Å². The fourth-order valence-electron chi connectivity index (χ4n) is 3.30. The van der Waals surface area contributed by atoms with Crippen LogP contribution < -0.4 is 5.32 Å². The Kier molecular flexibility index (Phi) is 7.28. The molecule has 4 nitrogen and oxygen atoms in total. The molecule has 1 saturated carbocycles. The molecule has 1 N–H and O–H groups in total. The molecule has 2 amide bonds. The van der Waals surface area contributed by atoms with Crippen LogP contribution >= 0.6 is 35.3 Å². The van der Waals surface area contributed by atoms with E-state index in [2.05, 4.69) is 5.32 Å². The molecule has 0 spiro atoms. The van der Waals surface area contributed by atoms with Crippen LogP contribution in [-0.4, -0.2) is 33.6 Å². The molecule has 1 aliphatic heterocycles. The van der Waals surface area contributed by atoms with Gasteiger partial charge in [-0.2, -0.15) is 0 Å². The molecule has 140 valence electrons. The first-order valence-corrected chi connectivity index (χ1v) is 11.3. The van der Waals surface area contributed by atoms with Crippen molar-refractivity contribution in [2.75, 3.05) is 6.54 Å². The van der Waals surface area contributed by atoms with E-state index in [1.807, 2.05) is 23.6 Å². The predicted molar refractivity (Wildman–Crippen MR) is 113 cm³/mol. The molecule has 1 saturated heterocycles. The highest BCUT2D eigenvalue weighted by Gasteiger charge is 2.31. The van der Waals surface area contributed by atoms with Gasteiger partial charge in [-0.05, 0) is 43.2 Å². The number of unbranched alkanes of at least 4 members (excludes halogenated alkanes) is 2. The number of rotatable bonds is 8. The second kappa shape index (κ2) is 9.67. The Bertz CT molecular complexity index is 679. The molecule has 0 aromatic carbocycles. The van der Waals surface area contributed by atoms with Gasteiger partial charge in [-0.3, -0.25) is 14.5 Å². The summed E-state index contributed by atoms with van der Waals surface area (Å²) in [4.78, 5) is 27.9. The van der Waals surface area contributed by atoms with Crippen LogP contribution in [0.2, 0.25) is 0 Å². The van der Waals surface area contributed by atoms with Crippen molar-refractivity contribution in [3.05, 3.63) is 27.3 Å². The normalized spacial score (nSPS) is 19.7. The number of nitrogens with zero attached hydrogens (tertiary/aromatic N) is 1. The number of amides is 2. The third-order valence-electron chi connectivity index (χ3n) is 4.70. The highest BCUT2D eigenvalue weighted by atomic mass is 32.2. The largest absolute Gasteiger partial charge is 0.353 e. The summed E-state index contributed by atoms with van der Waals surface area (Å²) in [6, 6.07) is 4.36. The minimum atomic E-state index is 0.00683. The van der Waals surface area contributed by atoms with Crippen molar-refractivity contribution in [2.45, 2.75) is 57.4 Å². The van der Waals surface area contributed by atoms with Crippen molar-refractivity contribution in [3.8, 4) is 0 Å². The zero-order valence-electron chi connectivity index (χ0n) is 14.7. The van der Waals surface area contributed by atoms with E-state index in [0.717, 1.165) is 37.0 Å². The minimum absolute atomic E-state index is 0.00683. The quantitative estimate of drug-likeness (QED) is 0.389. The van der Waals surface area contributed by atoms with Gasteiger partial charge in [0, 0.05) is 23.9 Å². The summed E-state index contributed by atoms with van der Waals surface area (Å²) in [5.74, 6) is 0.175. The highest BCUT2D eigenvalue weighted by molar-refractivity contribution is 8.26. The van der Waals surface area contributed by atoms with Gasteiger partial charge in [0.1, 0.15) is 4.32 Å². The van der Waals surface area contributed by atoms with Gasteiger partial charge in [-0.1, -0.05) is 49.3 Å². The van der Waals surface area contributed by atoms with Gasteiger partial charge in [0.2, 0.25) is 5.91 Å². The molecule has 0 atom stereocenters. The Morgan fingerprint density at radius 1 is 1.31 bits per heavy atom. The van der Waals surface area contributed by atoms with E-state index >= 15 is 0 Å². The van der Waals surface area contributed by atoms with E-state index in [0.29, 0.717) is 28.2 Å². The minimum Gasteiger partial charge on any atom is -0.353 e. The molecule has 0 unspecified atom stereocenters. The van der Waals surface area contributed by atoms with Gasteiger partial charge in [-0.25, -0.2) is 0 Å². The average molecular weight is 409 g/mol. The molecule has 0 radical (unpaired) electrons. The summed E-state index contributed by atoms with van der Waals surface area (Å²) in [5, 5.41) is 5.11. The first-order valence-electron chi connectivity index (χ1n) is 9.22. The summed E-state index contributed by atoms with van der Waals surface area (Å²) >= 11 is 8.35. The van der Waals surface area contributed by atoms with Crippen molar-refractivity contribution in [1.29, 1.82) is 0 Å². The Morgan fingerprint density at radius 2 is 2.12 bits per heavy atom. The Labute approximate surface area is 168 Å². The third-order valence-corrected chi connectivity index (χ3v) is 6.89. The van der Waals surface area contributed by atoms with Crippen LogP contribution in [0.5, 0.6) is 0 Å². The van der Waals surface area contributed by atoms with Crippen LogP contribution in [0.1, 0.15) is 56.2 Å². The third kappa shape index (κ3) is 5.41. The fraction of sp³-hybridized carbons (Fsp3) is 0.526. The van der Waals surface area contributed by atoms with Gasteiger partial charge >= 0.3 is 0 Å². The van der Waals surface area contributed by atoms with E-state index in [9.17, 15) is 9.59 Å². The smallest absolute Gasteiger partial charge is 0.266 e. The topological polar surface area (TPSA) is 49.4 Å². The number of hydrogen-bond acceptors (Lipinski definition) is 5. The second-order valence-electron chi connectivity index (χ2n) is 6.71. The molecule has 2 heterocycles. The lowest BCUT2D eigenvalue weighted by Crippen LogP contribution is -2.32. The van der Waals surface area contributed by atoms with E-state index in [4.69, 9.17) is 12.2 Å². The van der Waals surface area contributed by atoms with Crippen molar-refractivity contribution in [3.63, 3.8) is 0 Å². The standard InChI is InChI=1S/C19H24N2O2S3/c22-17(20-14-7-3-4-8-14)10-2-1-5-11-21-18(23)16(26-19(21)24)13-15-9-6-12-25-15/h6,9,12-14H,1-5,7-8,10-11H2,(H,20,22). The molecule has 2 fully saturated rings. The van der Waals surface area contributed by atoms with E-state index < -0.39 is 0 Å². The molecule has 1 aliphatic carbocycles. The first kappa shape index (κ1) is 19.6. The SMILES string of the molecule is O=C(CCCCCN1C(=O)C(=Cc2cccs2)SC1=S)NC1CCCC1. The van der Waals surface area contributed by atoms with Gasteiger partial charge < -0.3 is 5.32 Å². The maximum atomic E-state index is 12.5. The molecule has 26 heavy (non-hydrogen) atoms. The van der Waals surface area contributed by atoms with Gasteiger partial charge in [0.05, 0.1) is 4.91 Å². The molecular weight excluding hydrogens is 384 g/mol. The lowest BCUT2D eigenvalue weighted by atomic mass is 10.1.